The first-order chi connectivity index (χ1) is 15.8. The minimum absolute atomic E-state index is 0.137. The first-order valence-corrected chi connectivity index (χ1v) is 10.3. The van der Waals surface area contributed by atoms with Crippen molar-refractivity contribution in [1.82, 2.24) is 10.5 Å². The Morgan fingerprint density at radius 1 is 1.18 bits per heavy atom. The number of anilines is 1. The SMILES string of the molecule is Cc1cc(-c2cccc(NC(=NC#N)N[C@@H]3c4cc(C#N)ccc4OC(C)(C)[C@H]3O)c2)on1. The highest BCUT2D eigenvalue weighted by atomic mass is 16.5. The van der Waals surface area contributed by atoms with Crippen molar-refractivity contribution in [2.75, 3.05) is 5.32 Å². The van der Waals surface area contributed by atoms with Crippen LogP contribution in [0, 0.1) is 29.7 Å². The summed E-state index contributed by atoms with van der Waals surface area (Å²) in [5, 5.41) is 39.7. The van der Waals surface area contributed by atoms with Crippen molar-refractivity contribution >= 4 is 11.6 Å². The molecule has 1 aliphatic heterocycles. The van der Waals surface area contributed by atoms with Crippen molar-refractivity contribution in [3.8, 4) is 29.3 Å². The minimum atomic E-state index is -0.992. The van der Waals surface area contributed by atoms with Gasteiger partial charge < -0.3 is 25.0 Å². The van der Waals surface area contributed by atoms with Gasteiger partial charge in [0.2, 0.25) is 12.2 Å². The number of fused-ring (bicyclic) bond motifs is 1. The van der Waals surface area contributed by atoms with Crippen LogP contribution in [0.5, 0.6) is 5.75 Å². The molecular weight excluding hydrogens is 420 g/mol. The van der Waals surface area contributed by atoms with E-state index in [4.69, 9.17) is 9.26 Å². The highest BCUT2D eigenvalue weighted by molar-refractivity contribution is 5.95. The van der Waals surface area contributed by atoms with Gasteiger partial charge in [0.15, 0.2) is 5.76 Å². The van der Waals surface area contributed by atoms with E-state index in [2.05, 4.69) is 26.9 Å². The lowest BCUT2D eigenvalue weighted by atomic mass is 9.86. The summed E-state index contributed by atoms with van der Waals surface area (Å²) in [6, 6.07) is 15.6. The maximum Gasteiger partial charge on any atom is 0.212 e. The van der Waals surface area contributed by atoms with E-state index in [1.165, 1.54) is 0 Å². The summed E-state index contributed by atoms with van der Waals surface area (Å²) in [7, 11) is 0. The highest BCUT2D eigenvalue weighted by Gasteiger charge is 2.43. The lowest BCUT2D eigenvalue weighted by Crippen LogP contribution is -2.54. The van der Waals surface area contributed by atoms with Crippen molar-refractivity contribution in [3.05, 3.63) is 65.4 Å². The molecule has 1 aromatic heterocycles. The van der Waals surface area contributed by atoms with Gasteiger partial charge in [-0.3, -0.25) is 0 Å². The van der Waals surface area contributed by atoms with Gasteiger partial charge in [-0.2, -0.15) is 10.5 Å². The van der Waals surface area contributed by atoms with E-state index in [0.29, 0.717) is 28.3 Å². The lowest BCUT2D eigenvalue weighted by molar-refractivity contribution is -0.0610. The van der Waals surface area contributed by atoms with Crippen LogP contribution in [0.3, 0.4) is 0 Å². The molecule has 0 spiro atoms. The van der Waals surface area contributed by atoms with Crippen molar-refractivity contribution in [1.29, 1.82) is 10.5 Å². The van der Waals surface area contributed by atoms with Crippen molar-refractivity contribution < 1.29 is 14.4 Å². The average Bonchev–Trinajstić information content (AvgIpc) is 3.23. The fourth-order valence-electron chi connectivity index (χ4n) is 3.71. The smallest absolute Gasteiger partial charge is 0.212 e. The first kappa shape index (κ1) is 21.9. The zero-order valence-electron chi connectivity index (χ0n) is 18.3. The zero-order valence-corrected chi connectivity index (χ0v) is 18.3. The summed E-state index contributed by atoms with van der Waals surface area (Å²) in [6.45, 7) is 5.38. The van der Waals surface area contributed by atoms with Crippen LogP contribution in [0.15, 0.2) is 58.0 Å². The number of guanidine groups is 1. The van der Waals surface area contributed by atoms with E-state index in [-0.39, 0.29) is 5.96 Å². The number of rotatable bonds is 3. The van der Waals surface area contributed by atoms with Crippen LogP contribution >= 0.6 is 0 Å². The molecule has 9 nitrogen and oxygen atoms in total. The summed E-state index contributed by atoms with van der Waals surface area (Å²) in [4.78, 5) is 3.87. The van der Waals surface area contributed by atoms with E-state index in [1.807, 2.05) is 37.3 Å². The predicted octanol–water partition coefficient (Wildman–Crippen LogP) is 3.63. The van der Waals surface area contributed by atoms with Crippen molar-refractivity contribution in [3.63, 3.8) is 0 Å². The second kappa shape index (κ2) is 8.65. The Hall–Kier alpha value is -4.34. The molecular formula is C24H22N6O3. The monoisotopic (exact) mass is 442 g/mol. The molecule has 166 valence electrons. The number of nitrogens with zero attached hydrogens (tertiary/aromatic N) is 4. The maximum absolute atomic E-state index is 11.0. The normalized spacial score (nSPS) is 18.9. The molecule has 2 heterocycles. The van der Waals surface area contributed by atoms with Crippen LogP contribution in [0.1, 0.15) is 36.7 Å². The van der Waals surface area contributed by atoms with Crippen LogP contribution < -0.4 is 15.4 Å². The number of aliphatic hydroxyl groups is 1. The van der Waals surface area contributed by atoms with Gasteiger partial charge in [-0.15, -0.1) is 4.99 Å². The number of aryl methyl sites for hydroxylation is 1. The second-order valence-electron chi connectivity index (χ2n) is 8.24. The molecule has 2 atom stereocenters. The van der Waals surface area contributed by atoms with E-state index in [0.717, 1.165) is 11.3 Å². The molecule has 1 aliphatic rings. The molecule has 3 aromatic rings. The van der Waals surface area contributed by atoms with Crippen LogP contribution in [0.4, 0.5) is 5.69 Å². The number of nitrogens with one attached hydrogen (secondary N) is 2. The van der Waals surface area contributed by atoms with Crippen LogP contribution in [-0.2, 0) is 0 Å². The maximum atomic E-state index is 11.0. The van der Waals surface area contributed by atoms with Gasteiger partial charge in [0.05, 0.1) is 23.4 Å². The topological polar surface area (TPSA) is 139 Å². The van der Waals surface area contributed by atoms with E-state index in [9.17, 15) is 15.6 Å². The number of aliphatic imine (C=N–C) groups is 1. The van der Waals surface area contributed by atoms with Crippen molar-refractivity contribution in [2.24, 2.45) is 4.99 Å². The molecule has 0 saturated carbocycles. The number of hydrogen-bond donors (Lipinski definition) is 3. The number of nitriles is 2. The summed E-state index contributed by atoms with van der Waals surface area (Å²) in [6.07, 6.45) is 0.786. The summed E-state index contributed by atoms with van der Waals surface area (Å²) in [5.41, 5.74) is 2.32. The third kappa shape index (κ3) is 4.49. The van der Waals surface area contributed by atoms with Gasteiger partial charge in [0.1, 0.15) is 17.5 Å². The highest BCUT2D eigenvalue weighted by Crippen LogP contribution is 2.40. The predicted molar refractivity (Wildman–Crippen MR) is 121 cm³/mol. The molecule has 9 heteroatoms. The molecule has 0 aliphatic carbocycles. The molecule has 0 radical (unpaired) electrons. The van der Waals surface area contributed by atoms with E-state index >= 15 is 0 Å². The number of benzene rings is 2. The summed E-state index contributed by atoms with van der Waals surface area (Å²) in [5.74, 6) is 1.29. The van der Waals surface area contributed by atoms with Gasteiger partial charge in [-0.05, 0) is 51.1 Å². The van der Waals surface area contributed by atoms with Gasteiger partial charge in [0, 0.05) is 22.9 Å². The zero-order chi connectivity index (χ0) is 23.6. The summed E-state index contributed by atoms with van der Waals surface area (Å²) >= 11 is 0. The Labute approximate surface area is 190 Å². The molecule has 0 unspecified atom stereocenters. The Morgan fingerprint density at radius 2 is 2.00 bits per heavy atom. The van der Waals surface area contributed by atoms with Crippen LogP contribution in [0.25, 0.3) is 11.3 Å². The number of ether oxygens (including phenoxy) is 1. The molecule has 0 bridgehead atoms. The largest absolute Gasteiger partial charge is 0.485 e. The fraction of sp³-hybridized carbons (Fsp3) is 0.250. The molecule has 3 N–H and O–H groups in total. The molecule has 33 heavy (non-hydrogen) atoms. The third-order valence-corrected chi connectivity index (χ3v) is 5.37. The molecule has 0 amide bonds. The Morgan fingerprint density at radius 3 is 2.70 bits per heavy atom. The quantitative estimate of drug-likeness (QED) is 0.317. The standard InChI is InChI=1S/C24H22N6O3/c1-14-9-20(33-30-14)16-5-4-6-17(11-16)28-23(27-13-26)29-21-18-10-15(12-25)7-8-19(18)32-24(2,3)22(21)31/h4-11,21-22,31H,1-3H3,(H2,27,28,29)/t21-,22+/m1/s1. The Balaban J connectivity index is 1.65. The molecule has 0 fully saturated rings. The van der Waals surface area contributed by atoms with E-state index in [1.54, 1.807) is 38.2 Å². The van der Waals surface area contributed by atoms with Gasteiger partial charge in [0.25, 0.3) is 0 Å². The van der Waals surface area contributed by atoms with Crippen molar-refractivity contribution in [2.45, 2.75) is 38.5 Å². The third-order valence-electron chi connectivity index (χ3n) is 5.37. The van der Waals surface area contributed by atoms with Gasteiger partial charge in [-0.25, -0.2) is 0 Å². The van der Waals surface area contributed by atoms with Gasteiger partial charge >= 0.3 is 0 Å². The number of aliphatic hydroxyl groups excluding tert-OH is 1. The summed E-state index contributed by atoms with van der Waals surface area (Å²) < 4.78 is 11.3. The minimum Gasteiger partial charge on any atom is -0.485 e. The molecule has 4 rings (SSSR count). The molecule has 0 saturated heterocycles. The van der Waals surface area contributed by atoms with Gasteiger partial charge in [-0.1, -0.05) is 17.3 Å². The second-order valence-corrected chi connectivity index (χ2v) is 8.24. The Bertz CT molecular complexity index is 1300. The average molecular weight is 442 g/mol. The number of hydrogen-bond acceptors (Lipinski definition) is 7. The van der Waals surface area contributed by atoms with E-state index < -0.39 is 17.7 Å². The van der Waals surface area contributed by atoms with Crippen LogP contribution in [0.2, 0.25) is 0 Å². The Kier molecular flexibility index (Phi) is 5.74. The fourth-order valence-corrected chi connectivity index (χ4v) is 3.71. The number of aromatic nitrogens is 1. The lowest BCUT2D eigenvalue weighted by Gasteiger charge is -2.42. The van der Waals surface area contributed by atoms with Crippen LogP contribution in [-0.4, -0.2) is 27.9 Å². The first-order valence-electron chi connectivity index (χ1n) is 10.3. The molecule has 2 aromatic carbocycles.